The molecule has 0 bridgehead atoms. The third-order valence-corrected chi connectivity index (χ3v) is 4.76. The van der Waals surface area contributed by atoms with E-state index in [4.69, 9.17) is 4.74 Å². The highest BCUT2D eigenvalue weighted by Gasteiger charge is 2.37. The van der Waals surface area contributed by atoms with Crippen molar-refractivity contribution in [2.24, 2.45) is 11.8 Å². The average Bonchev–Trinajstić information content (AvgIpc) is 3.09. The molecule has 2 atom stereocenters. The van der Waals surface area contributed by atoms with Crippen molar-refractivity contribution in [2.45, 2.75) is 19.3 Å². The Hall–Kier alpha value is -1.55. The van der Waals surface area contributed by atoms with Gasteiger partial charge >= 0.3 is 0 Å². The molecule has 0 radical (unpaired) electrons. The number of likely N-dealkylation sites (tertiary alicyclic amines) is 1. The maximum atomic E-state index is 12.3. The molecule has 0 aliphatic carbocycles. The van der Waals surface area contributed by atoms with Gasteiger partial charge in [-0.3, -0.25) is 4.79 Å². The molecule has 2 aliphatic rings. The van der Waals surface area contributed by atoms with E-state index in [0.717, 1.165) is 44.8 Å². The highest BCUT2D eigenvalue weighted by Crippen LogP contribution is 2.26. The first-order valence-electron chi connectivity index (χ1n) is 7.87. The summed E-state index contributed by atoms with van der Waals surface area (Å²) < 4.78 is 5.15. The number of hydrogen-bond acceptors (Lipinski definition) is 3. The molecule has 21 heavy (non-hydrogen) atoms. The van der Waals surface area contributed by atoms with E-state index in [1.165, 1.54) is 5.56 Å². The Morgan fingerprint density at radius 2 is 1.90 bits per heavy atom. The molecule has 3 rings (SSSR count). The van der Waals surface area contributed by atoms with Crippen molar-refractivity contribution in [3.63, 3.8) is 0 Å². The molecular formula is C17H24N2O2. The van der Waals surface area contributed by atoms with Gasteiger partial charge in [0.15, 0.2) is 0 Å². The minimum atomic E-state index is 0.331. The number of rotatable bonds is 5. The van der Waals surface area contributed by atoms with Gasteiger partial charge in [-0.2, -0.15) is 0 Å². The minimum Gasteiger partial charge on any atom is -0.497 e. The predicted octanol–water partition coefficient (Wildman–Crippen LogP) is 1.70. The molecule has 2 aliphatic heterocycles. The summed E-state index contributed by atoms with van der Waals surface area (Å²) >= 11 is 0. The van der Waals surface area contributed by atoms with Gasteiger partial charge in [0.2, 0.25) is 5.91 Å². The Kier molecular flexibility index (Phi) is 4.44. The van der Waals surface area contributed by atoms with Crippen LogP contribution in [0.4, 0.5) is 0 Å². The summed E-state index contributed by atoms with van der Waals surface area (Å²) in [5.74, 6) is 2.59. The van der Waals surface area contributed by atoms with Gasteiger partial charge in [-0.05, 0) is 42.4 Å². The van der Waals surface area contributed by atoms with Gasteiger partial charge in [0.05, 0.1) is 7.11 Å². The molecule has 114 valence electrons. The zero-order valence-corrected chi connectivity index (χ0v) is 12.7. The van der Waals surface area contributed by atoms with Crippen molar-refractivity contribution in [2.75, 3.05) is 33.3 Å². The number of nitrogens with one attached hydrogen (secondary N) is 1. The van der Waals surface area contributed by atoms with E-state index in [-0.39, 0.29) is 0 Å². The van der Waals surface area contributed by atoms with Crippen LogP contribution in [-0.2, 0) is 11.2 Å². The fraction of sp³-hybridized carbons (Fsp3) is 0.588. The standard InChI is InChI=1S/C17H24N2O2/c1-21-16-7-5-13(6-8-16)3-2-4-17(20)19-11-14-9-18-10-15(14)12-19/h5-8,14-15,18H,2-4,9-12H2,1H3/t14-,15+. The Bertz CT molecular complexity index is 474. The smallest absolute Gasteiger partial charge is 0.222 e. The Morgan fingerprint density at radius 1 is 1.24 bits per heavy atom. The fourth-order valence-electron chi connectivity index (χ4n) is 3.45. The highest BCUT2D eigenvalue weighted by molar-refractivity contribution is 5.76. The van der Waals surface area contributed by atoms with Gasteiger partial charge in [-0.1, -0.05) is 12.1 Å². The molecule has 1 aromatic carbocycles. The summed E-state index contributed by atoms with van der Waals surface area (Å²) in [4.78, 5) is 14.3. The van der Waals surface area contributed by atoms with Gasteiger partial charge in [0, 0.05) is 32.6 Å². The number of benzene rings is 1. The van der Waals surface area contributed by atoms with Crippen LogP contribution in [0.3, 0.4) is 0 Å². The lowest BCUT2D eigenvalue weighted by Gasteiger charge is -2.17. The fourth-order valence-corrected chi connectivity index (χ4v) is 3.45. The van der Waals surface area contributed by atoms with Crippen LogP contribution in [-0.4, -0.2) is 44.1 Å². The van der Waals surface area contributed by atoms with Crippen LogP contribution in [0.1, 0.15) is 18.4 Å². The van der Waals surface area contributed by atoms with E-state index in [0.29, 0.717) is 24.2 Å². The van der Waals surface area contributed by atoms with Crippen molar-refractivity contribution in [3.05, 3.63) is 29.8 Å². The largest absolute Gasteiger partial charge is 0.497 e. The third-order valence-electron chi connectivity index (χ3n) is 4.76. The summed E-state index contributed by atoms with van der Waals surface area (Å²) in [5, 5.41) is 3.41. The van der Waals surface area contributed by atoms with E-state index < -0.39 is 0 Å². The number of methoxy groups -OCH3 is 1. The maximum Gasteiger partial charge on any atom is 0.222 e. The van der Waals surface area contributed by atoms with Crippen LogP contribution in [0.25, 0.3) is 0 Å². The molecule has 1 N–H and O–H groups in total. The van der Waals surface area contributed by atoms with Gasteiger partial charge in [0.25, 0.3) is 0 Å². The lowest BCUT2D eigenvalue weighted by Crippen LogP contribution is -2.31. The second-order valence-corrected chi connectivity index (χ2v) is 6.18. The summed E-state index contributed by atoms with van der Waals surface area (Å²) in [6, 6.07) is 8.11. The van der Waals surface area contributed by atoms with Crippen molar-refractivity contribution >= 4 is 5.91 Å². The zero-order valence-electron chi connectivity index (χ0n) is 12.7. The number of ether oxygens (including phenoxy) is 1. The number of amides is 1. The first-order valence-corrected chi connectivity index (χ1v) is 7.87. The van der Waals surface area contributed by atoms with E-state index in [2.05, 4.69) is 22.3 Å². The second kappa shape index (κ2) is 6.48. The number of fused-ring (bicyclic) bond motifs is 1. The first-order chi connectivity index (χ1) is 10.3. The van der Waals surface area contributed by atoms with Gasteiger partial charge in [0.1, 0.15) is 5.75 Å². The monoisotopic (exact) mass is 288 g/mol. The molecule has 2 saturated heterocycles. The number of nitrogens with zero attached hydrogens (tertiary/aromatic N) is 1. The molecule has 0 unspecified atom stereocenters. The minimum absolute atomic E-state index is 0.331. The van der Waals surface area contributed by atoms with Crippen molar-refractivity contribution in [1.29, 1.82) is 0 Å². The molecular weight excluding hydrogens is 264 g/mol. The molecule has 0 saturated carbocycles. The average molecular weight is 288 g/mol. The topological polar surface area (TPSA) is 41.6 Å². The molecule has 1 amide bonds. The van der Waals surface area contributed by atoms with Crippen molar-refractivity contribution in [3.8, 4) is 5.75 Å². The predicted molar refractivity (Wildman–Crippen MR) is 82.4 cm³/mol. The van der Waals surface area contributed by atoms with Crippen LogP contribution < -0.4 is 10.1 Å². The SMILES string of the molecule is COc1ccc(CCCC(=O)N2C[C@H]3CNC[C@H]3C2)cc1. The Balaban J connectivity index is 1.41. The van der Waals surface area contributed by atoms with Crippen molar-refractivity contribution < 1.29 is 9.53 Å². The summed E-state index contributed by atoms with van der Waals surface area (Å²) in [5.41, 5.74) is 1.27. The zero-order chi connectivity index (χ0) is 14.7. The third kappa shape index (κ3) is 3.38. The van der Waals surface area contributed by atoms with Crippen LogP contribution in [0.5, 0.6) is 5.75 Å². The molecule has 4 nitrogen and oxygen atoms in total. The van der Waals surface area contributed by atoms with Crippen molar-refractivity contribution in [1.82, 2.24) is 10.2 Å². The highest BCUT2D eigenvalue weighted by atomic mass is 16.5. The number of hydrogen-bond donors (Lipinski definition) is 1. The molecule has 2 fully saturated rings. The van der Waals surface area contributed by atoms with Gasteiger partial charge in [-0.15, -0.1) is 0 Å². The van der Waals surface area contributed by atoms with Crippen LogP contribution in [0, 0.1) is 11.8 Å². The molecule has 2 heterocycles. The quantitative estimate of drug-likeness (QED) is 0.896. The summed E-state index contributed by atoms with van der Waals surface area (Å²) in [6.45, 7) is 4.08. The number of carbonyl (C=O) groups is 1. The summed E-state index contributed by atoms with van der Waals surface area (Å²) in [7, 11) is 1.68. The Labute approximate surface area is 126 Å². The lowest BCUT2D eigenvalue weighted by atomic mass is 10.0. The summed E-state index contributed by atoms with van der Waals surface area (Å²) in [6.07, 6.45) is 2.55. The van der Waals surface area contributed by atoms with E-state index in [9.17, 15) is 4.79 Å². The Morgan fingerprint density at radius 3 is 2.52 bits per heavy atom. The molecule has 0 aromatic heterocycles. The lowest BCUT2D eigenvalue weighted by molar-refractivity contribution is -0.130. The molecule has 4 heteroatoms. The van der Waals surface area contributed by atoms with Gasteiger partial charge in [-0.25, -0.2) is 0 Å². The van der Waals surface area contributed by atoms with Crippen LogP contribution in [0.15, 0.2) is 24.3 Å². The van der Waals surface area contributed by atoms with Gasteiger partial charge < -0.3 is 15.0 Å². The maximum absolute atomic E-state index is 12.3. The van der Waals surface area contributed by atoms with E-state index >= 15 is 0 Å². The molecule has 1 aromatic rings. The number of aryl methyl sites for hydroxylation is 1. The molecule has 0 spiro atoms. The van der Waals surface area contributed by atoms with Crippen LogP contribution in [0.2, 0.25) is 0 Å². The first kappa shape index (κ1) is 14.4. The van der Waals surface area contributed by atoms with E-state index in [1.807, 2.05) is 12.1 Å². The second-order valence-electron chi connectivity index (χ2n) is 6.18. The normalized spacial score (nSPS) is 24.1. The van der Waals surface area contributed by atoms with E-state index in [1.54, 1.807) is 7.11 Å². The number of carbonyl (C=O) groups excluding carboxylic acids is 1. The van der Waals surface area contributed by atoms with Crippen LogP contribution >= 0.6 is 0 Å².